The Hall–Kier alpha value is -3.76. The Morgan fingerprint density at radius 1 is 1.00 bits per heavy atom. The summed E-state index contributed by atoms with van der Waals surface area (Å²) in [5.74, 6) is 1.40. The first-order valence-corrected chi connectivity index (χ1v) is 11.3. The molecule has 3 aromatic rings. The maximum atomic E-state index is 12.5. The van der Waals surface area contributed by atoms with Gasteiger partial charge in [0.15, 0.2) is 11.5 Å². The number of ether oxygens (including phenoxy) is 3. The molecule has 0 bridgehead atoms. The number of benzene rings is 2. The fraction of sp³-hybridized carbons (Fsp3) is 0.174. The Balaban J connectivity index is 1.70. The Kier molecular flexibility index (Phi) is 7.75. The van der Waals surface area contributed by atoms with Crippen LogP contribution in [0.15, 0.2) is 70.2 Å². The van der Waals surface area contributed by atoms with E-state index in [1.165, 1.54) is 45.8 Å². The predicted octanol–water partition coefficient (Wildman–Crippen LogP) is 3.44. The lowest BCUT2D eigenvalue weighted by atomic mass is 10.1. The molecule has 0 radical (unpaired) electrons. The van der Waals surface area contributed by atoms with Crippen molar-refractivity contribution in [3.63, 3.8) is 0 Å². The maximum Gasteiger partial charge on any atom is 0.248 e. The van der Waals surface area contributed by atoms with Gasteiger partial charge in [-0.25, -0.2) is 13.1 Å². The molecule has 0 spiro atoms. The first-order valence-electron chi connectivity index (χ1n) is 9.77. The number of hydrogen-bond donors (Lipinski definition) is 2. The van der Waals surface area contributed by atoms with Crippen LogP contribution in [0.25, 0.3) is 6.08 Å². The highest BCUT2D eigenvalue weighted by Crippen LogP contribution is 2.38. The summed E-state index contributed by atoms with van der Waals surface area (Å²) in [6.07, 6.45) is 4.35. The molecule has 0 atom stereocenters. The highest BCUT2D eigenvalue weighted by Gasteiger charge is 2.15. The summed E-state index contributed by atoms with van der Waals surface area (Å²) >= 11 is 0. The fourth-order valence-electron chi connectivity index (χ4n) is 2.96. The van der Waals surface area contributed by atoms with Crippen LogP contribution in [-0.4, -0.2) is 35.7 Å². The van der Waals surface area contributed by atoms with Crippen molar-refractivity contribution >= 4 is 27.7 Å². The van der Waals surface area contributed by atoms with Gasteiger partial charge in [0.2, 0.25) is 21.7 Å². The number of rotatable bonds is 10. The number of sulfonamides is 1. The van der Waals surface area contributed by atoms with Crippen LogP contribution in [-0.2, 0) is 21.4 Å². The van der Waals surface area contributed by atoms with Crippen molar-refractivity contribution < 1.29 is 31.8 Å². The second-order valence-corrected chi connectivity index (χ2v) is 8.48. The van der Waals surface area contributed by atoms with E-state index in [4.69, 9.17) is 18.6 Å². The van der Waals surface area contributed by atoms with Gasteiger partial charge in [-0.1, -0.05) is 6.07 Å². The summed E-state index contributed by atoms with van der Waals surface area (Å²) in [7, 11) is 0.717. The molecule has 0 aliphatic carbocycles. The summed E-state index contributed by atoms with van der Waals surface area (Å²) in [6, 6.07) is 12.7. The summed E-state index contributed by atoms with van der Waals surface area (Å²) < 4.78 is 48.5. The number of nitrogens with one attached hydrogen (secondary N) is 2. The zero-order valence-corrected chi connectivity index (χ0v) is 19.1. The zero-order chi connectivity index (χ0) is 23.8. The fourth-order valence-corrected chi connectivity index (χ4v) is 4.00. The monoisotopic (exact) mass is 472 g/mol. The van der Waals surface area contributed by atoms with Gasteiger partial charge in [-0.15, -0.1) is 0 Å². The number of methoxy groups -OCH3 is 3. The minimum absolute atomic E-state index is 0.0143. The SMILES string of the molecule is COc1cc(/C=C/C(=O)Nc2cccc(S(=O)(=O)NCc3ccco3)c2)cc(OC)c1OC. The Bertz CT molecular complexity index is 1210. The van der Waals surface area contributed by atoms with Crippen molar-refractivity contribution in [1.29, 1.82) is 0 Å². The molecule has 174 valence electrons. The summed E-state index contributed by atoms with van der Waals surface area (Å²) in [5.41, 5.74) is 0.980. The van der Waals surface area contributed by atoms with Crippen molar-refractivity contribution in [2.24, 2.45) is 0 Å². The van der Waals surface area contributed by atoms with E-state index in [-0.39, 0.29) is 11.4 Å². The third-order valence-corrected chi connectivity index (χ3v) is 5.94. The minimum atomic E-state index is -3.79. The normalized spacial score (nSPS) is 11.4. The van der Waals surface area contributed by atoms with Gasteiger partial charge in [0.25, 0.3) is 0 Å². The number of carbonyl (C=O) groups excluding carboxylic acids is 1. The van der Waals surface area contributed by atoms with Gasteiger partial charge in [-0.05, 0) is 54.1 Å². The average Bonchev–Trinajstić information content (AvgIpc) is 3.34. The molecule has 0 saturated carbocycles. The second-order valence-electron chi connectivity index (χ2n) is 6.71. The first-order chi connectivity index (χ1) is 15.9. The number of furan rings is 1. The molecule has 1 aromatic heterocycles. The molecule has 0 aliphatic heterocycles. The lowest BCUT2D eigenvalue weighted by Gasteiger charge is -2.12. The Morgan fingerprint density at radius 3 is 2.33 bits per heavy atom. The maximum absolute atomic E-state index is 12.5. The van der Waals surface area contributed by atoms with Gasteiger partial charge in [0.1, 0.15) is 5.76 Å². The number of hydrogen-bond acceptors (Lipinski definition) is 7. The van der Waals surface area contributed by atoms with Crippen LogP contribution in [0.3, 0.4) is 0 Å². The Labute approximate surface area is 192 Å². The molecule has 1 amide bonds. The Morgan fingerprint density at radius 2 is 1.73 bits per heavy atom. The standard InChI is InChI=1S/C23H24N2O7S/c1-29-20-12-16(13-21(30-2)23(20)31-3)9-10-22(26)25-17-6-4-8-19(14-17)33(27,28)24-15-18-7-5-11-32-18/h4-14,24H,15H2,1-3H3,(H,25,26)/b10-9+. The van der Waals surface area contributed by atoms with E-state index in [9.17, 15) is 13.2 Å². The van der Waals surface area contributed by atoms with E-state index in [0.717, 1.165) is 0 Å². The predicted molar refractivity (Wildman–Crippen MR) is 123 cm³/mol. The molecule has 10 heteroatoms. The molecule has 0 unspecified atom stereocenters. The van der Waals surface area contributed by atoms with Crippen LogP contribution in [0.1, 0.15) is 11.3 Å². The molecule has 2 aromatic carbocycles. The third-order valence-electron chi connectivity index (χ3n) is 4.54. The van der Waals surface area contributed by atoms with Crippen LogP contribution >= 0.6 is 0 Å². The van der Waals surface area contributed by atoms with E-state index in [1.54, 1.807) is 42.5 Å². The van der Waals surface area contributed by atoms with Crippen molar-refractivity contribution in [3.05, 3.63) is 72.2 Å². The molecule has 33 heavy (non-hydrogen) atoms. The summed E-state index contributed by atoms with van der Waals surface area (Å²) in [5, 5.41) is 2.65. The molecular formula is C23H24N2O7S. The average molecular weight is 473 g/mol. The van der Waals surface area contributed by atoms with Gasteiger partial charge in [0.05, 0.1) is 39.0 Å². The largest absolute Gasteiger partial charge is 0.493 e. The van der Waals surface area contributed by atoms with E-state index in [0.29, 0.717) is 34.3 Å². The van der Waals surface area contributed by atoms with E-state index >= 15 is 0 Å². The van der Waals surface area contributed by atoms with Gasteiger partial charge in [-0.2, -0.15) is 0 Å². The van der Waals surface area contributed by atoms with E-state index < -0.39 is 15.9 Å². The quantitative estimate of drug-likeness (QED) is 0.434. The molecular weight excluding hydrogens is 448 g/mol. The number of anilines is 1. The van der Waals surface area contributed by atoms with Crippen LogP contribution in [0.2, 0.25) is 0 Å². The lowest BCUT2D eigenvalue weighted by Crippen LogP contribution is -2.23. The molecule has 1 heterocycles. The topological polar surface area (TPSA) is 116 Å². The molecule has 0 fully saturated rings. The van der Waals surface area contributed by atoms with Gasteiger partial charge in [-0.3, -0.25) is 4.79 Å². The summed E-state index contributed by atoms with van der Waals surface area (Å²) in [4.78, 5) is 12.4. The van der Waals surface area contributed by atoms with Crippen molar-refractivity contribution in [1.82, 2.24) is 4.72 Å². The molecule has 9 nitrogen and oxygen atoms in total. The highest BCUT2D eigenvalue weighted by molar-refractivity contribution is 7.89. The highest BCUT2D eigenvalue weighted by atomic mass is 32.2. The smallest absolute Gasteiger partial charge is 0.248 e. The molecule has 0 aliphatic rings. The van der Waals surface area contributed by atoms with Crippen LogP contribution in [0.4, 0.5) is 5.69 Å². The van der Waals surface area contributed by atoms with Crippen LogP contribution in [0.5, 0.6) is 17.2 Å². The second kappa shape index (κ2) is 10.7. The lowest BCUT2D eigenvalue weighted by molar-refractivity contribution is -0.111. The van der Waals surface area contributed by atoms with Gasteiger partial charge < -0.3 is 23.9 Å². The van der Waals surface area contributed by atoms with Crippen LogP contribution in [0, 0.1) is 0 Å². The number of amides is 1. The third kappa shape index (κ3) is 6.15. The number of carbonyl (C=O) groups is 1. The first kappa shape index (κ1) is 23.9. The molecule has 3 rings (SSSR count). The van der Waals surface area contributed by atoms with Crippen molar-refractivity contribution in [3.8, 4) is 17.2 Å². The van der Waals surface area contributed by atoms with Gasteiger partial charge >= 0.3 is 0 Å². The van der Waals surface area contributed by atoms with E-state index in [1.807, 2.05) is 0 Å². The van der Waals surface area contributed by atoms with Crippen molar-refractivity contribution in [2.45, 2.75) is 11.4 Å². The van der Waals surface area contributed by atoms with E-state index in [2.05, 4.69) is 10.0 Å². The molecule has 2 N–H and O–H groups in total. The minimum Gasteiger partial charge on any atom is -0.493 e. The zero-order valence-electron chi connectivity index (χ0n) is 18.3. The van der Waals surface area contributed by atoms with Gasteiger partial charge in [0, 0.05) is 11.8 Å². The summed E-state index contributed by atoms with van der Waals surface area (Å²) in [6.45, 7) is 0.0173. The van der Waals surface area contributed by atoms with Crippen LogP contribution < -0.4 is 24.2 Å². The molecule has 0 saturated heterocycles. The van der Waals surface area contributed by atoms with Crippen molar-refractivity contribution in [2.75, 3.05) is 26.6 Å².